The molecule has 0 bridgehead atoms. The number of hydrogen-bond acceptors (Lipinski definition) is 4. The van der Waals surface area contributed by atoms with Crippen molar-refractivity contribution in [2.24, 2.45) is 0 Å². The summed E-state index contributed by atoms with van der Waals surface area (Å²) < 4.78 is 15.5. The Morgan fingerprint density at radius 1 is 0.519 bits per heavy atom. The summed E-state index contributed by atoms with van der Waals surface area (Å²) in [5.74, 6) is 1.75. The Bertz CT molecular complexity index is 3060. The third-order valence-electron chi connectivity index (χ3n) is 10.7. The molecule has 0 N–H and O–H groups in total. The molecule has 1 aliphatic rings. The van der Waals surface area contributed by atoms with Crippen LogP contribution in [0.4, 0.5) is 0 Å². The van der Waals surface area contributed by atoms with E-state index in [4.69, 9.17) is 9.15 Å². The summed E-state index contributed by atoms with van der Waals surface area (Å²) in [6, 6.07) is 51.7. The monoisotopic (exact) mass is 667 g/mol. The molecule has 3 heterocycles. The first-order chi connectivity index (χ1) is 25.4. The molecule has 9 aromatic rings. The first-order valence-electron chi connectivity index (χ1n) is 17.3. The number of furan rings is 1. The van der Waals surface area contributed by atoms with Crippen molar-refractivity contribution in [1.29, 1.82) is 10.5 Å². The van der Waals surface area contributed by atoms with Crippen molar-refractivity contribution in [3.63, 3.8) is 0 Å². The van der Waals surface area contributed by atoms with Crippen molar-refractivity contribution in [2.45, 2.75) is 19.3 Å². The second kappa shape index (κ2) is 11.0. The first-order valence-corrected chi connectivity index (χ1v) is 17.3. The van der Waals surface area contributed by atoms with Gasteiger partial charge in [0.15, 0.2) is 0 Å². The number of rotatable bonds is 3. The van der Waals surface area contributed by atoms with Crippen LogP contribution in [0, 0.1) is 22.7 Å². The minimum Gasteiger partial charge on any atom is -0.457 e. The maximum absolute atomic E-state index is 10.00. The Balaban J connectivity index is 1.21. The Labute approximate surface area is 299 Å². The second-order valence-corrected chi connectivity index (χ2v) is 14.0. The Kier molecular flexibility index (Phi) is 6.28. The van der Waals surface area contributed by atoms with Gasteiger partial charge in [0.1, 0.15) is 22.7 Å². The van der Waals surface area contributed by atoms with Gasteiger partial charge in [-0.25, -0.2) is 0 Å². The molecule has 0 atom stereocenters. The molecule has 0 unspecified atom stereocenters. The summed E-state index contributed by atoms with van der Waals surface area (Å²) in [6.45, 7) is 4.54. The number of benzene rings is 7. The molecule has 0 amide bonds. The van der Waals surface area contributed by atoms with Crippen molar-refractivity contribution < 1.29 is 9.15 Å². The SMILES string of the molecule is CC1(C)c2ccccc2Oc2cc3c(cc21)c1ccccc1n3-c1cccc2oc3ccc(-c4cc(C#N)cc(-c5cccc(C#N)c5)c4)cc3c12. The molecule has 0 saturated heterocycles. The van der Waals surface area contributed by atoms with Crippen LogP contribution in [0.5, 0.6) is 11.5 Å². The predicted molar refractivity (Wildman–Crippen MR) is 207 cm³/mol. The van der Waals surface area contributed by atoms with Gasteiger partial charge >= 0.3 is 0 Å². The van der Waals surface area contributed by atoms with Gasteiger partial charge in [-0.3, -0.25) is 0 Å². The summed E-state index contributed by atoms with van der Waals surface area (Å²) in [5.41, 5.74) is 11.6. The molecule has 5 nitrogen and oxygen atoms in total. The fraction of sp³-hybridized carbons (Fsp3) is 0.0638. The van der Waals surface area contributed by atoms with Gasteiger partial charge < -0.3 is 13.7 Å². The van der Waals surface area contributed by atoms with Crippen LogP contribution in [0.3, 0.4) is 0 Å². The van der Waals surface area contributed by atoms with Crippen LogP contribution >= 0.6 is 0 Å². The number of aromatic nitrogens is 1. The fourth-order valence-electron chi connectivity index (χ4n) is 8.13. The Hall–Kier alpha value is -7.08. The first kappa shape index (κ1) is 29.8. The van der Waals surface area contributed by atoms with Crippen LogP contribution in [0.15, 0.2) is 144 Å². The van der Waals surface area contributed by atoms with Crippen molar-refractivity contribution in [2.75, 3.05) is 0 Å². The van der Waals surface area contributed by atoms with E-state index in [1.807, 2.05) is 66.7 Å². The Morgan fingerprint density at radius 3 is 2.12 bits per heavy atom. The molecule has 0 saturated carbocycles. The molecule has 244 valence electrons. The summed E-state index contributed by atoms with van der Waals surface area (Å²) in [7, 11) is 0. The quantitative estimate of drug-likeness (QED) is 0.188. The molecular formula is C47H29N3O2. The van der Waals surface area contributed by atoms with E-state index >= 15 is 0 Å². The maximum atomic E-state index is 10.00. The van der Waals surface area contributed by atoms with Crippen molar-refractivity contribution in [1.82, 2.24) is 4.57 Å². The van der Waals surface area contributed by atoms with Gasteiger partial charge in [0, 0.05) is 38.8 Å². The zero-order valence-electron chi connectivity index (χ0n) is 28.4. The van der Waals surface area contributed by atoms with Gasteiger partial charge in [-0.15, -0.1) is 0 Å². The van der Waals surface area contributed by atoms with E-state index in [-0.39, 0.29) is 5.41 Å². The zero-order valence-corrected chi connectivity index (χ0v) is 28.4. The number of hydrogen-bond donors (Lipinski definition) is 0. The van der Waals surface area contributed by atoms with E-state index in [9.17, 15) is 10.5 Å². The average Bonchev–Trinajstić information content (AvgIpc) is 3.72. The van der Waals surface area contributed by atoms with Crippen LogP contribution in [-0.2, 0) is 5.41 Å². The molecule has 0 radical (unpaired) electrons. The molecule has 2 aromatic heterocycles. The molecular weight excluding hydrogens is 639 g/mol. The summed E-state index contributed by atoms with van der Waals surface area (Å²) in [4.78, 5) is 0. The van der Waals surface area contributed by atoms with Gasteiger partial charge in [-0.05, 0) is 95.1 Å². The largest absolute Gasteiger partial charge is 0.457 e. The standard InChI is InChI=1S/C47H29N3O2/c1-47(2)37-12-4-6-15-43(37)52-45-25-41-35(24-38(45)47)34-11-3-5-13-39(34)50(41)40-14-8-16-44-46(40)36-23-31(17-18-42(36)51-44)33-21-29(27-49)20-32(22-33)30-10-7-9-28(19-30)26-48/h3-25H,1-2H3. The number of nitrogens with zero attached hydrogens (tertiary/aromatic N) is 3. The maximum Gasteiger partial charge on any atom is 0.137 e. The lowest BCUT2D eigenvalue weighted by Crippen LogP contribution is -2.24. The van der Waals surface area contributed by atoms with Crippen LogP contribution < -0.4 is 4.74 Å². The normalized spacial score (nSPS) is 13.1. The summed E-state index contributed by atoms with van der Waals surface area (Å²) in [5, 5.41) is 23.8. The molecule has 0 aliphatic carbocycles. The zero-order chi connectivity index (χ0) is 35.1. The predicted octanol–water partition coefficient (Wildman–Crippen LogP) is 12.2. The van der Waals surface area contributed by atoms with Gasteiger partial charge in [-0.2, -0.15) is 10.5 Å². The fourth-order valence-corrected chi connectivity index (χ4v) is 8.13. The lowest BCUT2D eigenvalue weighted by Gasteiger charge is -2.34. The molecule has 0 spiro atoms. The highest BCUT2D eigenvalue weighted by atomic mass is 16.5. The van der Waals surface area contributed by atoms with E-state index < -0.39 is 0 Å². The van der Waals surface area contributed by atoms with E-state index in [0.29, 0.717) is 11.1 Å². The highest BCUT2D eigenvalue weighted by Gasteiger charge is 2.35. The minimum atomic E-state index is -0.236. The topological polar surface area (TPSA) is 74.9 Å². The van der Waals surface area contributed by atoms with Crippen molar-refractivity contribution in [3.05, 3.63) is 162 Å². The Morgan fingerprint density at radius 2 is 1.27 bits per heavy atom. The summed E-state index contributed by atoms with van der Waals surface area (Å²) in [6.07, 6.45) is 0. The lowest BCUT2D eigenvalue weighted by atomic mass is 9.75. The second-order valence-electron chi connectivity index (χ2n) is 14.0. The third-order valence-corrected chi connectivity index (χ3v) is 10.7. The average molecular weight is 668 g/mol. The van der Waals surface area contributed by atoms with E-state index in [1.165, 1.54) is 10.9 Å². The molecule has 7 aromatic carbocycles. The van der Waals surface area contributed by atoms with E-state index in [0.717, 1.165) is 83.4 Å². The third kappa shape index (κ3) is 4.33. The van der Waals surface area contributed by atoms with Crippen LogP contribution in [0.25, 0.3) is 71.7 Å². The van der Waals surface area contributed by atoms with Crippen molar-refractivity contribution in [3.8, 4) is 51.6 Å². The van der Waals surface area contributed by atoms with Crippen molar-refractivity contribution >= 4 is 43.7 Å². The lowest BCUT2D eigenvalue weighted by molar-refractivity contribution is 0.419. The van der Waals surface area contributed by atoms with Crippen LogP contribution in [-0.4, -0.2) is 4.57 Å². The van der Waals surface area contributed by atoms with E-state index in [2.05, 4.69) is 97.3 Å². The van der Waals surface area contributed by atoms with Gasteiger partial charge in [0.05, 0.1) is 45.4 Å². The van der Waals surface area contributed by atoms with Crippen LogP contribution in [0.1, 0.15) is 36.1 Å². The smallest absolute Gasteiger partial charge is 0.137 e. The van der Waals surface area contributed by atoms with Gasteiger partial charge in [0.25, 0.3) is 0 Å². The minimum absolute atomic E-state index is 0.236. The molecule has 52 heavy (non-hydrogen) atoms. The molecule has 1 aliphatic heterocycles. The van der Waals surface area contributed by atoms with Crippen LogP contribution in [0.2, 0.25) is 0 Å². The highest BCUT2D eigenvalue weighted by molar-refractivity contribution is 6.15. The number of para-hydroxylation sites is 2. The summed E-state index contributed by atoms with van der Waals surface area (Å²) >= 11 is 0. The molecule has 5 heteroatoms. The molecule has 10 rings (SSSR count). The van der Waals surface area contributed by atoms with Gasteiger partial charge in [0.2, 0.25) is 0 Å². The van der Waals surface area contributed by atoms with E-state index in [1.54, 1.807) is 6.07 Å². The number of ether oxygens (including phenoxy) is 1. The number of fused-ring (bicyclic) bond motifs is 8. The number of nitriles is 2. The molecule has 0 fully saturated rings. The highest BCUT2D eigenvalue weighted by Crippen LogP contribution is 2.50. The van der Waals surface area contributed by atoms with Gasteiger partial charge in [-0.1, -0.05) is 74.5 Å².